The lowest BCUT2D eigenvalue weighted by Crippen LogP contribution is -2.11. The van der Waals surface area contributed by atoms with Crippen LogP contribution in [0.5, 0.6) is 0 Å². The zero-order valence-corrected chi connectivity index (χ0v) is 8.14. The molecule has 1 amide bonds. The second-order valence-corrected chi connectivity index (χ2v) is 3.03. The molecule has 1 aromatic heterocycles. The highest BCUT2D eigenvalue weighted by molar-refractivity contribution is 5.90. The van der Waals surface area contributed by atoms with Gasteiger partial charge in [-0.3, -0.25) is 14.6 Å². The Kier molecular flexibility index (Phi) is 4.28. The molecule has 0 aliphatic rings. The van der Waals surface area contributed by atoms with Crippen LogP contribution in [-0.2, 0) is 9.59 Å². The Balaban J connectivity index is 2.28. The van der Waals surface area contributed by atoms with Crippen molar-refractivity contribution in [3.8, 4) is 0 Å². The fraction of sp³-hybridized carbons (Fsp3) is 0.300. The first kappa shape index (κ1) is 11.2. The molecule has 0 spiro atoms. The molecule has 0 saturated heterocycles. The molecule has 1 heterocycles. The van der Waals surface area contributed by atoms with Crippen molar-refractivity contribution in [2.24, 2.45) is 0 Å². The van der Waals surface area contributed by atoms with E-state index in [4.69, 9.17) is 5.11 Å². The van der Waals surface area contributed by atoms with E-state index in [1.165, 1.54) is 0 Å². The molecule has 2 N–H and O–H groups in total. The van der Waals surface area contributed by atoms with Crippen molar-refractivity contribution in [2.45, 2.75) is 19.3 Å². The van der Waals surface area contributed by atoms with Gasteiger partial charge in [0.15, 0.2) is 0 Å². The number of nitrogens with zero attached hydrogens (tertiary/aromatic N) is 1. The topological polar surface area (TPSA) is 79.3 Å². The molecular weight excluding hydrogens is 196 g/mol. The minimum atomic E-state index is -0.883. The maximum Gasteiger partial charge on any atom is 0.303 e. The van der Waals surface area contributed by atoms with E-state index in [2.05, 4.69) is 10.3 Å². The van der Waals surface area contributed by atoms with Crippen molar-refractivity contribution in [3.05, 3.63) is 24.5 Å². The van der Waals surface area contributed by atoms with Crippen molar-refractivity contribution in [3.63, 3.8) is 0 Å². The van der Waals surface area contributed by atoms with E-state index >= 15 is 0 Å². The molecule has 0 bridgehead atoms. The number of aromatic nitrogens is 1. The van der Waals surface area contributed by atoms with E-state index in [9.17, 15) is 9.59 Å². The molecular formula is C10H12N2O3. The zero-order chi connectivity index (χ0) is 11.1. The quantitative estimate of drug-likeness (QED) is 0.763. The lowest BCUT2D eigenvalue weighted by Gasteiger charge is -2.03. The molecule has 1 rings (SSSR count). The van der Waals surface area contributed by atoms with Crippen LogP contribution in [0.25, 0.3) is 0 Å². The van der Waals surface area contributed by atoms with Crippen molar-refractivity contribution in [2.75, 3.05) is 5.32 Å². The standard InChI is InChI=1S/C10H12N2O3/c13-9(2-1-3-10(14)15)12-8-4-6-11-7-5-8/h4-7H,1-3H2,(H,14,15)(H,11,12,13). The van der Waals surface area contributed by atoms with Gasteiger partial charge in [-0.2, -0.15) is 0 Å². The molecule has 0 unspecified atom stereocenters. The number of hydrogen-bond acceptors (Lipinski definition) is 3. The number of hydrogen-bond donors (Lipinski definition) is 2. The molecule has 1 aromatic rings. The van der Waals surface area contributed by atoms with Crippen LogP contribution in [0.2, 0.25) is 0 Å². The summed E-state index contributed by atoms with van der Waals surface area (Å²) in [5.74, 6) is -1.06. The summed E-state index contributed by atoms with van der Waals surface area (Å²) >= 11 is 0. The highest BCUT2D eigenvalue weighted by Crippen LogP contribution is 2.05. The third-order valence-corrected chi connectivity index (χ3v) is 1.76. The van der Waals surface area contributed by atoms with Gasteiger partial charge in [-0.15, -0.1) is 0 Å². The summed E-state index contributed by atoms with van der Waals surface area (Å²) in [5.41, 5.74) is 0.672. The zero-order valence-electron chi connectivity index (χ0n) is 8.14. The minimum Gasteiger partial charge on any atom is -0.481 e. The van der Waals surface area contributed by atoms with Crippen molar-refractivity contribution < 1.29 is 14.7 Å². The van der Waals surface area contributed by atoms with Gasteiger partial charge in [0, 0.05) is 30.9 Å². The number of anilines is 1. The Bertz CT molecular complexity index is 338. The van der Waals surface area contributed by atoms with Crippen LogP contribution in [-0.4, -0.2) is 22.0 Å². The number of aliphatic carboxylic acids is 1. The maximum absolute atomic E-state index is 11.3. The summed E-state index contributed by atoms with van der Waals surface area (Å²) in [4.78, 5) is 25.3. The van der Waals surface area contributed by atoms with E-state index < -0.39 is 5.97 Å². The van der Waals surface area contributed by atoms with Crippen molar-refractivity contribution >= 4 is 17.6 Å². The van der Waals surface area contributed by atoms with Crippen LogP contribution in [0.1, 0.15) is 19.3 Å². The molecule has 0 aliphatic heterocycles. The molecule has 0 aliphatic carbocycles. The average molecular weight is 208 g/mol. The Hall–Kier alpha value is -1.91. The van der Waals surface area contributed by atoms with Crippen LogP contribution < -0.4 is 5.32 Å². The first-order chi connectivity index (χ1) is 7.18. The Labute approximate surface area is 87.1 Å². The van der Waals surface area contributed by atoms with Crippen LogP contribution in [0.4, 0.5) is 5.69 Å². The first-order valence-corrected chi connectivity index (χ1v) is 4.60. The maximum atomic E-state index is 11.3. The number of carbonyl (C=O) groups excluding carboxylic acids is 1. The largest absolute Gasteiger partial charge is 0.481 e. The normalized spacial score (nSPS) is 9.60. The SMILES string of the molecule is O=C(O)CCCC(=O)Nc1ccncc1. The third-order valence-electron chi connectivity index (χ3n) is 1.76. The van der Waals surface area contributed by atoms with Gasteiger partial charge in [-0.25, -0.2) is 0 Å². The molecule has 0 saturated carbocycles. The average Bonchev–Trinajstić information content (AvgIpc) is 2.18. The van der Waals surface area contributed by atoms with Gasteiger partial charge in [0.2, 0.25) is 5.91 Å². The molecule has 5 heteroatoms. The van der Waals surface area contributed by atoms with Crippen molar-refractivity contribution in [1.82, 2.24) is 4.98 Å². The lowest BCUT2D eigenvalue weighted by molar-refractivity contribution is -0.137. The van der Waals surface area contributed by atoms with Gasteiger partial charge < -0.3 is 10.4 Å². The van der Waals surface area contributed by atoms with Gasteiger partial charge in [0.05, 0.1) is 0 Å². The van der Waals surface area contributed by atoms with Crippen LogP contribution >= 0.6 is 0 Å². The number of carboxylic acid groups (broad SMARTS) is 1. The third kappa shape index (κ3) is 4.75. The summed E-state index contributed by atoms with van der Waals surface area (Å²) in [7, 11) is 0. The summed E-state index contributed by atoms with van der Waals surface area (Å²) in [6.45, 7) is 0. The highest BCUT2D eigenvalue weighted by Gasteiger charge is 2.03. The monoisotopic (exact) mass is 208 g/mol. The first-order valence-electron chi connectivity index (χ1n) is 4.60. The predicted molar refractivity (Wildman–Crippen MR) is 54.4 cm³/mol. The van der Waals surface area contributed by atoms with Crippen LogP contribution in [0.3, 0.4) is 0 Å². The molecule has 5 nitrogen and oxygen atoms in total. The van der Waals surface area contributed by atoms with Gasteiger partial charge in [0.25, 0.3) is 0 Å². The summed E-state index contributed by atoms with van der Waals surface area (Å²) in [5, 5.41) is 11.0. The Morgan fingerprint density at radius 3 is 2.53 bits per heavy atom. The second-order valence-electron chi connectivity index (χ2n) is 3.03. The lowest BCUT2D eigenvalue weighted by atomic mass is 10.2. The van der Waals surface area contributed by atoms with E-state index in [-0.39, 0.29) is 18.7 Å². The number of carboxylic acids is 1. The van der Waals surface area contributed by atoms with Gasteiger partial charge in [-0.1, -0.05) is 0 Å². The van der Waals surface area contributed by atoms with E-state index in [0.29, 0.717) is 12.1 Å². The molecule has 80 valence electrons. The van der Waals surface area contributed by atoms with E-state index in [0.717, 1.165) is 0 Å². The minimum absolute atomic E-state index is 0.0176. The number of nitrogens with one attached hydrogen (secondary N) is 1. The molecule has 0 fully saturated rings. The highest BCUT2D eigenvalue weighted by atomic mass is 16.4. The van der Waals surface area contributed by atoms with E-state index in [1.54, 1.807) is 24.5 Å². The van der Waals surface area contributed by atoms with Gasteiger partial charge in [0.1, 0.15) is 0 Å². The number of amides is 1. The number of rotatable bonds is 5. The van der Waals surface area contributed by atoms with Gasteiger partial charge in [-0.05, 0) is 18.6 Å². The van der Waals surface area contributed by atoms with Crippen LogP contribution in [0.15, 0.2) is 24.5 Å². The Morgan fingerprint density at radius 2 is 1.93 bits per heavy atom. The second kappa shape index (κ2) is 5.74. The van der Waals surface area contributed by atoms with Crippen LogP contribution in [0, 0.1) is 0 Å². The summed E-state index contributed by atoms with van der Waals surface area (Å²) in [6, 6.07) is 3.35. The fourth-order valence-corrected chi connectivity index (χ4v) is 1.06. The smallest absolute Gasteiger partial charge is 0.303 e. The summed E-state index contributed by atoms with van der Waals surface area (Å²) in [6.07, 6.45) is 3.74. The number of carbonyl (C=O) groups is 2. The molecule has 0 aromatic carbocycles. The number of pyridine rings is 1. The van der Waals surface area contributed by atoms with Gasteiger partial charge >= 0.3 is 5.97 Å². The summed E-state index contributed by atoms with van der Waals surface area (Å²) < 4.78 is 0. The molecule has 0 atom stereocenters. The predicted octanol–water partition coefficient (Wildman–Crippen LogP) is 1.27. The fourth-order valence-electron chi connectivity index (χ4n) is 1.06. The Morgan fingerprint density at radius 1 is 1.27 bits per heavy atom. The molecule has 15 heavy (non-hydrogen) atoms. The van der Waals surface area contributed by atoms with E-state index in [1.807, 2.05) is 0 Å². The van der Waals surface area contributed by atoms with Crippen molar-refractivity contribution in [1.29, 1.82) is 0 Å². The molecule has 0 radical (unpaired) electrons.